The van der Waals surface area contributed by atoms with Crippen LogP contribution in [-0.2, 0) is 9.59 Å². The van der Waals surface area contributed by atoms with Crippen molar-refractivity contribution in [2.45, 2.75) is 12.8 Å². The Morgan fingerprint density at radius 2 is 1.71 bits per heavy atom. The molecular weight excluding hydrogens is 304 g/mol. The number of rotatable bonds is 7. The summed E-state index contributed by atoms with van der Waals surface area (Å²) < 4.78 is 0. The minimum absolute atomic E-state index is 0.158. The molecule has 2 rings (SSSR count). The van der Waals surface area contributed by atoms with Gasteiger partial charge in [0.2, 0.25) is 5.91 Å². The van der Waals surface area contributed by atoms with Crippen LogP contribution in [-0.4, -0.2) is 60.5 Å². The molecule has 0 spiro atoms. The standard InChI is InChI=1S/C19H24N2O3/c1-14(16-9-8-15-6-4-5-7-17(15)12-16)19(24)21(13-18(22)23)11-10-20(2)3/h4-9,12,14H,10-11,13H2,1-3H3,(H,22,23)/t14-/m1/s1. The van der Waals surface area contributed by atoms with Crippen LogP contribution in [0.2, 0.25) is 0 Å². The first kappa shape index (κ1) is 17.9. The van der Waals surface area contributed by atoms with Crippen molar-refractivity contribution in [2.24, 2.45) is 0 Å². The molecule has 0 bridgehead atoms. The maximum Gasteiger partial charge on any atom is 0.323 e. The lowest BCUT2D eigenvalue weighted by Crippen LogP contribution is -2.41. The number of amides is 1. The molecule has 24 heavy (non-hydrogen) atoms. The molecule has 0 heterocycles. The van der Waals surface area contributed by atoms with Crippen molar-refractivity contribution in [1.29, 1.82) is 0 Å². The van der Waals surface area contributed by atoms with E-state index in [0.29, 0.717) is 13.1 Å². The molecule has 0 radical (unpaired) electrons. The SMILES string of the molecule is C[C@@H](C(=O)N(CCN(C)C)CC(=O)O)c1ccc2ccccc2c1. The van der Waals surface area contributed by atoms with Gasteiger partial charge < -0.3 is 14.9 Å². The number of nitrogens with zero attached hydrogens (tertiary/aromatic N) is 2. The summed E-state index contributed by atoms with van der Waals surface area (Å²) in [6, 6.07) is 13.9. The molecule has 2 aromatic carbocycles. The van der Waals surface area contributed by atoms with E-state index in [1.165, 1.54) is 4.90 Å². The third-order valence-electron chi connectivity index (χ3n) is 4.10. The number of hydrogen-bond donors (Lipinski definition) is 1. The molecule has 128 valence electrons. The van der Waals surface area contributed by atoms with Crippen LogP contribution in [0.15, 0.2) is 42.5 Å². The maximum absolute atomic E-state index is 12.8. The number of likely N-dealkylation sites (N-methyl/N-ethyl adjacent to an activating group) is 1. The second kappa shape index (κ2) is 7.93. The van der Waals surface area contributed by atoms with Crippen LogP contribution >= 0.6 is 0 Å². The minimum Gasteiger partial charge on any atom is -0.480 e. The van der Waals surface area contributed by atoms with Crippen molar-refractivity contribution < 1.29 is 14.7 Å². The average Bonchev–Trinajstić information content (AvgIpc) is 2.56. The number of benzene rings is 2. The van der Waals surface area contributed by atoms with Crippen molar-refractivity contribution in [3.8, 4) is 0 Å². The quantitative estimate of drug-likeness (QED) is 0.848. The largest absolute Gasteiger partial charge is 0.480 e. The fourth-order valence-electron chi connectivity index (χ4n) is 2.64. The summed E-state index contributed by atoms with van der Waals surface area (Å²) >= 11 is 0. The van der Waals surface area contributed by atoms with Gasteiger partial charge in [0, 0.05) is 13.1 Å². The first-order valence-electron chi connectivity index (χ1n) is 8.02. The summed E-state index contributed by atoms with van der Waals surface area (Å²) in [6.07, 6.45) is 0. The summed E-state index contributed by atoms with van der Waals surface area (Å²) in [4.78, 5) is 27.2. The third-order valence-corrected chi connectivity index (χ3v) is 4.10. The van der Waals surface area contributed by atoms with Gasteiger partial charge in [0.15, 0.2) is 0 Å². The van der Waals surface area contributed by atoms with Crippen molar-refractivity contribution in [1.82, 2.24) is 9.80 Å². The molecule has 0 fully saturated rings. The highest BCUT2D eigenvalue weighted by molar-refractivity contribution is 5.89. The van der Waals surface area contributed by atoms with Crippen molar-refractivity contribution in [3.63, 3.8) is 0 Å². The molecule has 1 amide bonds. The van der Waals surface area contributed by atoms with Gasteiger partial charge in [-0.15, -0.1) is 0 Å². The molecule has 0 aliphatic carbocycles. The van der Waals surface area contributed by atoms with E-state index in [-0.39, 0.29) is 18.4 Å². The van der Waals surface area contributed by atoms with E-state index in [1.54, 1.807) is 0 Å². The highest BCUT2D eigenvalue weighted by atomic mass is 16.4. The Kier molecular flexibility index (Phi) is 5.93. The van der Waals surface area contributed by atoms with E-state index in [0.717, 1.165) is 16.3 Å². The fourth-order valence-corrected chi connectivity index (χ4v) is 2.64. The molecular formula is C19H24N2O3. The van der Waals surface area contributed by atoms with E-state index in [2.05, 4.69) is 0 Å². The number of carboxylic acid groups (broad SMARTS) is 1. The van der Waals surface area contributed by atoms with Crippen LogP contribution in [0.1, 0.15) is 18.4 Å². The average molecular weight is 328 g/mol. The molecule has 1 N–H and O–H groups in total. The number of hydrogen-bond acceptors (Lipinski definition) is 3. The van der Waals surface area contributed by atoms with E-state index in [1.807, 2.05) is 68.4 Å². The minimum atomic E-state index is -0.993. The van der Waals surface area contributed by atoms with Gasteiger partial charge in [-0.05, 0) is 37.4 Å². The highest BCUT2D eigenvalue weighted by Gasteiger charge is 2.23. The van der Waals surface area contributed by atoms with Gasteiger partial charge in [0.1, 0.15) is 6.54 Å². The Morgan fingerprint density at radius 3 is 2.33 bits per heavy atom. The predicted octanol–water partition coefficient (Wildman–Crippen LogP) is 2.42. The normalized spacial score (nSPS) is 12.3. The van der Waals surface area contributed by atoms with E-state index >= 15 is 0 Å². The molecule has 2 aromatic rings. The zero-order valence-corrected chi connectivity index (χ0v) is 14.4. The fraction of sp³-hybridized carbons (Fsp3) is 0.368. The monoisotopic (exact) mass is 328 g/mol. The predicted molar refractivity (Wildman–Crippen MR) is 95.1 cm³/mol. The third kappa shape index (κ3) is 4.55. The maximum atomic E-state index is 12.8. The van der Waals surface area contributed by atoms with Gasteiger partial charge in [-0.25, -0.2) is 0 Å². The van der Waals surface area contributed by atoms with Crippen LogP contribution in [0, 0.1) is 0 Å². The van der Waals surface area contributed by atoms with Gasteiger partial charge in [-0.3, -0.25) is 9.59 Å². The summed E-state index contributed by atoms with van der Waals surface area (Å²) in [7, 11) is 3.80. The van der Waals surface area contributed by atoms with E-state index in [4.69, 9.17) is 5.11 Å². The molecule has 0 unspecified atom stereocenters. The van der Waals surface area contributed by atoms with Crippen molar-refractivity contribution >= 4 is 22.6 Å². The lowest BCUT2D eigenvalue weighted by Gasteiger charge is -2.26. The Morgan fingerprint density at radius 1 is 1.04 bits per heavy atom. The van der Waals surface area contributed by atoms with Crippen molar-refractivity contribution in [2.75, 3.05) is 33.7 Å². The van der Waals surface area contributed by atoms with Gasteiger partial charge in [0.05, 0.1) is 5.92 Å². The number of aliphatic carboxylic acids is 1. The van der Waals surface area contributed by atoms with Crippen LogP contribution in [0.3, 0.4) is 0 Å². The van der Waals surface area contributed by atoms with Gasteiger partial charge in [-0.1, -0.05) is 42.5 Å². The van der Waals surface area contributed by atoms with Gasteiger partial charge in [0.25, 0.3) is 0 Å². The second-order valence-electron chi connectivity index (χ2n) is 6.29. The van der Waals surface area contributed by atoms with Crippen LogP contribution in [0.4, 0.5) is 0 Å². The molecule has 0 saturated carbocycles. The van der Waals surface area contributed by atoms with Crippen molar-refractivity contribution in [3.05, 3.63) is 48.0 Å². The Hall–Kier alpha value is -2.40. The molecule has 0 aromatic heterocycles. The summed E-state index contributed by atoms with van der Waals surface area (Å²) in [5, 5.41) is 11.3. The highest BCUT2D eigenvalue weighted by Crippen LogP contribution is 2.23. The molecule has 5 nitrogen and oxygen atoms in total. The summed E-state index contributed by atoms with van der Waals surface area (Å²) in [5.74, 6) is -1.53. The van der Waals surface area contributed by atoms with Gasteiger partial charge in [-0.2, -0.15) is 0 Å². The first-order valence-corrected chi connectivity index (χ1v) is 8.02. The number of carbonyl (C=O) groups excluding carboxylic acids is 1. The Bertz CT molecular complexity index is 727. The molecule has 0 aliphatic rings. The summed E-state index contributed by atoms with van der Waals surface area (Å²) in [6.45, 7) is 2.58. The zero-order chi connectivity index (χ0) is 17.7. The Labute approximate surface area is 142 Å². The number of fused-ring (bicyclic) bond motifs is 1. The topological polar surface area (TPSA) is 60.9 Å². The smallest absolute Gasteiger partial charge is 0.323 e. The molecule has 5 heteroatoms. The second-order valence-corrected chi connectivity index (χ2v) is 6.29. The molecule has 0 aliphatic heterocycles. The Balaban J connectivity index is 2.20. The molecule has 1 atom stereocenters. The number of carboxylic acids is 1. The number of carbonyl (C=O) groups is 2. The first-order chi connectivity index (χ1) is 11.4. The van der Waals surface area contributed by atoms with Gasteiger partial charge >= 0.3 is 5.97 Å². The lowest BCUT2D eigenvalue weighted by atomic mass is 9.96. The van der Waals surface area contributed by atoms with Crippen LogP contribution in [0.25, 0.3) is 10.8 Å². The van der Waals surface area contributed by atoms with E-state index in [9.17, 15) is 9.59 Å². The zero-order valence-electron chi connectivity index (χ0n) is 14.4. The van der Waals surface area contributed by atoms with Crippen LogP contribution in [0.5, 0.6) is 0 Å². The lowest BCUT2D eigenvalue weighted by molar-refractivity contribution is -0.145. The summed E-state index contributed by atoms with van der Waals surface area (Å²) in [5.41, 5.74) is 0.902. The molecule has 0 saturated heterocycles. The van der Waals surface area contributed by atoms with E-state index < -0.39 is 5.97 Å². The van der Waals surface area contributed by atoms with Crippen LogP contribution < -0.4 is 0 Å².